The van der Waals surface area contributed by atoms with Gasteiger partial charge in [-0.3, -0.25) is 9.59 Å². The van der Waals surface area contributed by atoms with Crippen molar-refractivity contribution >= 4 is 17.4 Å². The zero-order valence-corrected chi connectivity index (χ0v) is 20.7. The number of Topliss-reactive ketones (excluding diaryl/α,β-unsaturated/α-hetero) is 1. The number of imidazole rings is 1. The van der Waals surface area contributed by atoms with E-state index in [0.29, 0.717) is 49.4 Å². The number of rotatable bonds is 9. The minimum Gasteiger partial charge on any atom is -0.507 e. The van der Waals surface area contributed by atoms with Crippen molar-refractivity contribution in [2.45, 2.75) is 38.5 Å². The molecule has 190 valence electrons. The molecule has 1 saturated heterocycles. The molecule has 1 fully saturated rings. The Morgan fingerprint density at radius 3 is 2.76 bits per heavy atom. The van der Waals surface area contributed by atoms with E-state index < -0.39 is 17.7 Å². The molecule has 2 aliphatic heterocycles. The number of aliphatic hydroxyl groups is 1. The van der Waals surface area contributed by atoms with E-state index in [0.717, 1.165) is 11.3 Å². The summed E-state index contributed by atoms with van der Waals surface area (Å²) in [7, 11) is 0. The fraction of sp³-hybridized carbons (Fsp3) is 0.276. The lowest BCUT2D eigenvalue weighted by Crippen LogP contribution is -2.31. The smallest absolute Gasteiger partial charge is 0.295 e. The van der Waals surface area contributed by atoms with Crippen LogP contribution in [0.15, 0.2) is 79.4 Å². The summed E-state index contributed by atoms with van der Waals surface area (Å²) < 4.78 is 13.3. The average Bonchev–Trinajstić information content (AvgIpc) is 3.61. The van der Waals surface area contributed by atoms with Crippen molar-refractivity contribution in [1.29, 1.82) is 0 Å². The van der Waals surface area contributed by atoms with Crippen molar-refractivity contribution in [3.8, 4) is 11.5 Å². The van der Waals surface area contributed by atoms with Crippen molar-refractivity contribution in [2.24, 2.45) is 0 Å². The van der Waals surface area contributed by atoms with Crippen LogP contribution in [0.2, 0.25) is 0 Å². The average molecular weight is 500 g/mol. The van der Waals surface area contributed by atoms with Crippen LogP contribution < -0.4 is 9.47 Å². The quantitative estimate of drug-likeness (QED) is 0.204. The van der Waals surface area contributed by atoms with Crippen LogP contribution in [-0.4, -0.2) is 50.5 Å². The summed E-state index contributed by atoms with van der Waals surface area (Å²) in [4.78, 5) is 32.1. The SMILES string of the molecule is C=CCOc1ccc([C@@H]2/C(=C(\O)c3ccc4c(c3)C[C@@H](C)O4)C(=O)C(=O)N2CCCn2ccnc2)cc1. The lowest BCUT2D eigenvalue weighted by Gasteiger charge is -2.25. The summed E-state index contributed by atoms with van der Waals surface area (Å²) in [5.41, 5.74) is 2.25. The van der Waals surface area contributed by atoms with E-state index in [1.165, 1.54) is 0 Å². The number of nitrogens with zero attached hydrogens (tertiary/aromatic N) is 3. The van der Waals surface area contributed by atoms with Gasteiger partial charge in [-0.05, 0) is 54.8 Å². The highest BCUT2D eigenvalue weighted by molar-refractivity contribution is 6.46. The molecule has 3 aromatic rings. The molecule has 8 heteroatoms. The van der Waals surface area contributed by atoms with Gasteiger partial charge in [0, 0.05) is 37.5 Å². The Morgan fingerprint density at radius 1 is 1.22 bits per heavy atom. The molecule has 1 amide bonds. The van der Waals surface area contributed by atoms with Crippen molar-refractivity contribution in [3.05, 3.63) is 96.1 Å². The summed E-state index contributed by atoms with van der Waals surface area (Å²) in [6, 6.07) is 11.9. The second kappa shape index (κ2) is 10.3. The van der Waals surface area contributed by atoms with Gasteiger partial charge < -0.3 is 24.0 Å². The van der Waals surface area contributed by atoms with Crippen LogP contribution in [0.4, 0.5) is 0 Å². The van der Waals surface area contributed by atoms with Gasteiger partial charge in [-0.15, -0.1) is 0 Å². The highest BCUT2D eigenvalue weighted by Crippen LogP contribution is 2.41. The Bertz CT molecular complexity index is 1340. The molecular formula is C29H29N3O5. The predicted octanol–water partition coefficient (Wildman–Crippen LogP) is 4.28. The Morgan fingerprint density at radius 2 is 2.03 bits per heavy atom. The molecule has 0 aliphatic carbocycles. The molecule has 0 unspecified atom stereocenters. The number of carbonyl (C=O) groups is 2. The van der Waals surface area contributed by atoms with Gasteiger partial charge in [0.2, 0.25) is 0 Å². The molecule has 1 aromatic heterocycles. The summed E-state index contributed by atoms with van der Waals surface area (Å²) in [6.45, 7) is 7.00. The number of amides is 1. The van der Waals surface area contributed by atoms with E-state index in [1.54, 1.807) is 47.8 Å². The second-order valence-corrected chi connectivity index (χ2v) is 9.27. The van der Waals surface area contributed by atoms with E-state index in [-0.39, 0.29) is 17.4 Å². The fourth-order valence-electron chi connectivity index (χ4n) is 4.93. The third-order valence-electron chi connectivity index (χ3n) is 6.65. The van der Waals surface area contributed by atoms with Crippen molar-refractivity contribution in [3.63, 3.8) is 0 Å². The maximum atomic E-state index is 13.3. The topological polar surface area (TPSA) is 93.9 Å². The Hall–Kier alpha value is -4.33. The maximum Gasteiger partial charge on any atom is 0.295 e. The van der Waals surface area contributed by atoms with E-state index in [1.807, 2.05) is 35.9 Å². The molecule has 2 aromatic carbocycles. The van der Waals surface area contributed by atoms with Gasteiger partial charge >= 0.3 is 0 Å². The number of aliphatic hydroxyl groups excluding tert-OH is 1. The van der Waals surface area contributed by atoms with Gasteiger partial charge in [0.1, 0.15) is 30.0 Å². The molecule has 0 saturated carbocycles. The number of ether oxygens (including phenoxy) is 2. The monoisotopic (exact) mass is 499 g/mol. The first-order chi connectivity index (χ1) is 18.0. The van der Waals surface area contributed by atoms with Crippen LogP contribution in [0.25, 0.3) is 5.76 Å². The number of aryl methyl sites for hydroxylation is 1. The summed E-state index contributed by atoms with van der Waals surface area (Å²) in [5.74, 6) is -0.0802. The number of hydrogen-bond acceptors (Lipinski definition) is 6. The minimum absolute atomic E-state index is 0.0512. The van der Waals surface area contributed by atoms with Crippen LogP contribution in [0, 0.1) is 0 Å². The van der Waals surface area contributed by atoms with Gasteiger partial charge in [-0.1, -0.05) is 24.8 Å². The highest BCUT2D eigenvalue weighted by atomic mass is 16.5. The standard InChI is InChI=1S/C29H29N3O5/c1-3-15-36-23-8-5-20(6-9-23)26-25(27(33)21-7-10-24-22(17-21)16-19(2)37-24)28(34)29(35)32(26)13-4-12-31-14-11-30-18-31/h3,5-11,14,17-19,26,33H,1,4,12-13,15-16H2,2H3/b27-25+/t19-,26-/m1/s1. The first kappa shape index (κ1) is 24.4. The molecule has 2 atom stereocenters. The first-order valence-corrected chi connectivity index (χ1v) is 12.3. The Labute approximate surface area is 215 Å². The van der Waals surface area contributed by atoms with Gasteiger partial charge in [0.25, 0.3) is 11.7 Å². The molecule has 5 rings (SSSR count). The van der Waals surface area contributed by atoms with Gasteiger partial charge in [-0.2, -0.15) is 0 Å². The molecule has 2 aliphatic rings. The van der Waals surface area contributed by atoms with E-state index in [9.17, 15) is 14.7 Å². The fourth-order valence-corrected chi connectivity index (χ4v) is 4.93. The lowest BCUT2D eigenvalue weighted by atomic mass is 9.94. The molecule has 37 heavy (non-hydrogen) atoms. The van der Waals surface area contributed by atoms with Crippen LogP contribution in [0.3, 0.4) is 0 Å². The summed E-state index contributed by atoms with van der Waals surface area (Å²) in [6.07, 6.45) is 8.31. The van der Waals surface area contributed by atoms with E-state index >= 15 is 0 Å². The number of fused-ring (bicyclic) bond motifs is 1. The molecule has 8 nitrogen and oxygen atoms in total. The van der Waals surface area contributed by atoms with Gasteiger partial charge in [0.05, 0.1) is 17.9 Å². The minimum atomic E-state index is -0.723. The zero-order valence-electron chi connectivity index (χ0n) is 20.7. The van der Waals surface area contributed by atoms with Crippen LogP contribution >= 0.6 is 0 Å². The van der Waals surface area contributed by atoms with Crippen LogP contribution in [-0.2, 0) is 22.6 Å². The lowest BCUT2D eigenvalue weighted by molar-refractivity contribution is -0.139. The highest BCUT2D eigenvalue weighted by Gasteiger charge is 2.45. The molecule has 0 radical (unpaired) electrons. The predicted molar refractivity (Wildman–Crippen MR) is 138 cm³/mol. The van der Waals surface area contributed by atoms with Crippen molar-refractivity contribution in [1.82, 2.24) is 14.5 Å². The number of likely N-dealkylation sites (tertiary alicyclic amines) is 1. The number of benzene rings is 2. The largest absolute Gasteiger partial charge is 0.507 e. The van der Waals surface area contributed by atoms with Crippen LogP contribution in [0.5, 0.6) is 11.5 Å². The van der Waals surface area contributed by atoms with E-state index in [4.69, 9.17) is 9.47 Å². The first-order valence-electron chi connectivity index (χ1n) is 12.3. The van der Waals surface area contributed by atoms with Gasteiger partial charge in [0.15, 0.2) is 0 Å². The normalized spacial score (nSPS) is 20.1. The summed E-state index contributed by atoms with van der Waals surface area (Å²) >= 11 is 0. The maximum absolute atomic E-state index is 13.3. The third-order valence-corrected chi connectivity index (χ3v) is 6.65. The van der Waals surface area contributed by atoms with Crippen molar-refractivity contribution in [2.75, 3.05) is 13.2 Å². The third kappa shape index (κ3) is 4.87. The zero-order chi connectivity index (χ0) is 25.9. The molecule has 1 N–H and O–H groups in total. The van der Waals surface area contributed by atoms with E-state index in [2.05, 4.69) is 11.6 Å². The number of carbonyl (C=O) groups excluding carboxylic acids is 2. The van der Waals surface area contributed by atoms with Crippen molar-refractivity contribution < 1.29 is 24.2 Å². The van der Waals surface area contributed by atoms with Gasteiger partial charge in [-0.25, -0.2) is 4.98 Å². The summed E-state index contributed by atoms with van der Waals surface area (Å²) in [5, 5.41) is 11.4. The number of aromatic nitrogens is 2. The second-order valence-electron chi connectivity index (χ2n) is 9.27. The molecular weight excluding hydrogens is 470 g/mol. The molecule has 3 heterocycles. The number of ketones is 1. The number of hydrogen-bond donors (Lipinski definition) is 1. The molecule has 0 bridgehead atoms. The Kier molecular flexibility index (Phi) is 6.81. The Balaban J connectivity index is 1.51. The molecule has 0 spiro atoms. The van der Waals surface area contributed by atoms with Crippen LogP contribution in [0.1, 0.15) is 36.1 Å².